The molecule has 1 atom stereocenters. The number of carbonyl (C=O) groups excluding carboxylic acids is 2. The molecule has 5 nitrogen and oxygen atoms in total. The average molecular weight is 528 g/mol. The van der Waals surface area contributed by atoms with Gasteiger partial charge in [0.15, 0.2) is 0 Å². The minimum Gasteiger partial charge on any atom is -0.351 e. The average Bonchev–Trinajstić information content (AvgIpc) is 3.46. The maximum absolute atomic E-state index is 14.1. The van der Waals surface area contributed by atoms with E-state index in [1.807, 2.05) is 36.4 Å². The molecule has 1 aliphatic carbocycles. The third-order valence-electron chi connectivity index (χ3n) is 7.23. The first-order valence-electron chi connectivity index (χ1n) is 13.3. The first-order valence-corrected chi connectivity index (χ1v) is 13.3. The summed E-state index contributed by atoms with van der Waals surface area (Å²) < 4.78 is 27.6. The normalized spacial score (nSPS) is 14.5. The van der Waals surface area contributed by atoms with E-state index in [4.69, 9.17) is 0 Å². The van der Waals surface area contributed by atoms with E-state index in [0.717, 1.165) is 43.4 Å². The minimum atomic E-state index is -1.02. The largest absolute Gasteiger partial charge is 0.351 e. The number of nitrogens with one attached hydrogen (secondary N) is 2. The quantitative estimate of drug-likeness (QED) is 0.265. The Labute approximate surface area is 226 Å². The van der Waals surface area contributed by atoms with Gasteiger partial charge in [0.25, 0.3) is 5.91 Å². The summed E-state index contributed by atoms with van der Waals surface area (Å²) in [5.74, 6) is -1.54. The predicted molar refractivity (Wildman–Crippen MR) is 147 cm³/mol. The Bertz CT molecular complexity index is 1400. The second-order valence-corrected chi connectivity index (χ2v) is 10.0. The van der Waals surface area contributed by atoms with Gasteiger partial charge < -0.3 is 15.2 Å². The van der Waals surface area contributed by atoms with Crippen molar-refractivity contribution < 1.29 is 18.4 Å². The van der Waals surface area contributed by atoms with Crippen LogP contribution in [0.25, 0.3) is 11.3 Å². The molecule has 0 bridgehead atoms. The van der Waals surface area contributed by atoms with Crippen LogP contribution in [0.5, 0.6) is 0 Å². The van der Waals surface area contributed by atoms with Crippen molar-refractivity contribution >= 4 is 11.8 Å². The van der Waals surface area contributed by atoms with Crippen LogP contribution in [-0.2, 0) is 11.3 Å². The highest BCUT2D eigenvalue weighted by atomic mass is 19.1. The molecule has 0 saturated heterocycles. The van der Waals surface area contributed by atoms with Gasteiger partial charge in [-0.1, -0.05) is 73.9 Å². The van der Waals surface area contributed by atoms with Crippen molar-refractivity contribution in [3.63, 3.8) is 0 Å². The monoisotopic (exact) mass is 527 g/mol. The SMILES string of the molecule is O=C(NC1CCCCC1)[C@H](c1ccc(F)cc1)N(Cc1ccc(F)cc1)C(=O)c1ccc(-c2ccccc2)[nH]1. The number of H-pyrrole nitrogens is 1. The highest BCUT2D eigenvalue weighted by Crippen LogP contribution is 2.28. The molecule has 1 aromatic heterocycles. The van der Waals surface area contributed by atoms with Gasteiger partial charge in [-0.2, -0.15) is 0 Å². The lowest BCUT2D eigenvalue weighted by Crippen LogP contribution is -2.47. The first kappa shape index (κ1) is 26.4. The molecule has 1 heterocycles. The summed E-state index contributed by atoms with van der Waals surface area (Å²) >= 11 is 0. The summed E-state index contributed by atoms with van der Waals surface area (Å²) in [6.45, 7) is 0.0545. The highest BCUT2D eigenvalue weighted by Gasteiger charge is 2.34. The van der Waals surface area contributed by atoms with Gasteiger partial charge in [0.1, 0.15) is 23.4 Å². The fourth-order valence-corrected chi connectivity index (χ4v) is 5.17. The van der Waals surface area contributed by atoms with E-state index in [1.165, 1.54) is 41.3 Å². The fourth-order valence-electron chi connectivity index (χ4n) is 5.17. The second-order valence-electron chi connectivity index (χ2n) is 10.0. The third kappa shape index (κ3) is 6.42. The van der Waals surface area contributed by atoms with Crippen LogP contribution in [0.1, 0.15) is 59.8 Å². The third-order valence-corrected chi connectivity index (χ3v) is 7.23. The van der Waals surface area contributed by atoms with E-state index >= 15 is 0 Å². The fraction of sp³-hybridized carbons (Fsp3) is 0.250. The molecule has 7 heteroatoms. The topological polar surface area (TPSA) is 65.2 Å². The number of halogens is 2. The Hall–Kier alpha value is -4.26. The van der Waals surface area contributed by atoms with Crippen LogP contribution in [0.4, 0.5) is 8.78 Å². The number of carbonyl (C=O) groups is 2. The van der Waals surface area contributed by atoms with Crippen molar-refractivity contribution in [1.29, 1.82) is 0 Å². The molecule has 39 heavy (non-hydrogen) atoms. The molecule has 2 amide bonds. The van der Waals surface area contributed by atoms with E-state index in [9.17, 15) is 18.4 Å². The van der Waals surface area contributed by atoms with Crippen LogP contribution in [0.3, 0.4) is 0 Å². The van der Waals surface area contributed by atoms with Gasteiger partial charge >= 0.3 is 0 Å². The number of aromatic amines is 1. The van der Waals surface area contributed by atoms with Gasteiger partial charge in [0.05, 0.1) is 0 Å². The number of nitrogens with zero attached hydrogens (tertiary/aromatic N) is 1. The standard InChI is InChI=1S/C32H31F2N3O2/c33-25-15-11-22(12-16-25)21-37(32(39)29-20-19-28(36-29)23-7-3-1-4-8-23)30(24-13-17-26(34)18-14-24)31(38)35-27-9-5-2-6-10-27/h1,3-4,7-8,11-20,27,30,36H,2,5-6,9-10,21H2,(H,35,38)/t30-/m0/s1. The molecule has 1 fully saturated rings. The first-order chi connectivity index (χ1) is 19.0. The van der Waals surface area contributed by atoms with Crippen molar-refractivity contribution in [2.24, 2.45) is 0 Å². The van der Waals surface area contributed by atoms with Crippen LogP contribution in [-0.4, -0.2) is 27.7 Å². The summed E-state index contributed by atoms with van der Waals surface area (Å²) in [5.41, 5.74) is 3.16. The summed E-state index contributed by atoms with van der Waals surface area (Å²) in [4.78, 5) is 32.7. The van der Waals surface area contributed by atoms with Crippen molar-refractivity contribution in [3.8, 4) is 11.3 Å². The van der Waals surface area contributed by atoms with Crippen LogP contribution >= 0.6 is 0 Å². The molecule has 5 rings (SSSR count). The lowest BCUT2D eigenvalue weighted by atomic mass is 9.94. The summed E-state index contributed by atoms with van der Waals surface area (Å²) in [6.07, 6.45) is 4.97. The van der Waals surface area contributed by atoms with E-state index in [1.54, 1.807) is 18.2 Å². The molecule has 0 radical (unpaired) electrons. The van der Waals surface area contributed by atoms with E-state index in [0.29, 0.717) is 16.8 Å². The van der Waals surface area contributed by atoms with Gasteiger partial charge in [-0.05, 0) is 65.9 Å². The predicted octanol–water partition coefficient (Wildman–Crippen LogP) is 6.79. The number of benzene rings is 3. The lowest BCUT2D eigenvalue weighted by Gasteiger charge is -2.33. The zero-order valence-electron chi connectivity index (χ0n) is 21.6. The van der Waals surface area contributed by atoms with Crippen LogP contribution in [0.2, 0.25) is 0 Å². The van der Waals surface area contributed by atoms with Crippen LogP contribution < -0.4 is 5.32 Å². The molecule has 3 aromatic carbocycles. The summed E-state index contributed by atoms with van der Waals surface area (Å²) in [7, 11) is 0. The molecule has 0 unspecified atom stereocenters. The van der Waals surface area contributed by atoms with Crippen LogP contribution in [0.15, 0.2) is 91.0 Å². The van der Waals surface area contributed by atoms with E-state index < -0.39 is 23.6 Å². The number of hydrogen-bond donors (Lipinski definition) is 2. The van der Waals surface area contributed by atoms with E-state index in [-0.39, 0.29) is 18.5 Å². The molecule has 0 spiro atoms. The minimum absolute atomic E-state index is 0.0205. The Morgan fingerprint density at radius 1 is 0.821 bits per heavy atom. The number of amides is 2. The molecule has 1 saturated carbocycles. The van der Waals surface area contributed by atoms with Gasteiger partial charge in [-0.15, -0.1) is 0 Å². The summed E-state index contributed by atoms with van der Waals surface area (Å²) in [6, 6.07) is 23.7. The zero-order chi connectivity index (χ0) is 27.2. The molecular formula is C32H31F2N3O2. The summed E-state index contributed by atoms with van der Waals surface area (Å²) in [5, 5.41) is 3.15. The molecule has 4 aromatic rings. The molecule has 0 aliphatic heterocycles. The Morgan fingerprint density at radius 2 is 1.46 bits per heavy atom. The van der Waals surface area contributed by atoms with Crippen molar-refractivity contribution in [2.45, 2.75) is 50.7 Å². The van der Waals surface area contributed by atoms with Crippen LogP contribution in [0, 0.1) is 11.6 Å². The molecule has 2 N–H and O–H groups in total. The second kappa shape index (κ2) is 12.1. The maximum atomic E-state index is 14.1. The number of hydrogen-bond acceptors (Lipinski definition) is 2. The van der Waals surface area contributed by atoms with Crippen molar-refractivity contribution in [3.05, 3.63) is 119 Å². The zero-order valence-corrected chi connectivity index (χ0v) is 21.6. The highest BCUT2D eigenvalue weighted by molar-refractivity contribution is 5.97. The number of rotatable bonds is 8. The maximum Gasteiger partial charge on any atom is 0.271 e. The smallest absolute Gasteiger partial charge is 0.271 e. The van der Waals surface area contributed by atoms with Gasteiger partial charge in [-0.3, -0.25) is 9.59 Å². The molecule has 1 aliphatic rings. The Balaban J connectivity index is 1.53. The van der Waals surface area contributed by atoms with Gasteiger partial charge in [0.2, 0.25) is 5.91 Å². The van der Waals surface area contributed by atoms with Gasteiger partial charge in [0, 0.05) is 18.3 Å². The van der Waals surface area contributed by atoms with E-state index in [2.05, 4.69) is 10.3 Å². The van der Waals surface area contributed by atoms with Gasteiger partial charge in [-0.25, -0.2) is 8.78 Å². The lowest BCUT2D eigenvalue weighted by molar-refractivity contribution is -0.127. The Morgan fingerprint density at radius 3 is 2.13 bits per heavy atom. The molecular weight excluding hydrogens is 496 g/mol. The van der Waals surface area contributed by atoms with Crippen molar-refractivity contribution in [2.75, 3.05) is 0 Å². The molecule has 200 valence electrons. The van der Waals surface area contributed by atoms with Crippen molar-refractivity contribution in [1.82, 2.24) is 15.2 Å². The Kier molecular flexibility index (Phi) is 8.16. The number of aromatic nitrogens is 1.